The third-order valence-electron chi connectivity index (χ3n) is 9.92. The average Bonchev–Trinajstić information content (AvgIpc) is 3.66. The van der Waals surface area contributed by atoms with E-state index in [9.17, 15) is 14.7 Å². The van der Waals surface area contributed by atoms with Crippen LogP contribution in [0.25, 0.3) is 22.5 Å². The number of hydrogen-bond acceptors (Lipinski definition) is 8. The van der Waals surface area contributed by atoms with Crippen molar-refractivity contribution in [1.29, 1.82) is 0 Å². The van der Waals surface area contributed by atoms with Gasteiger partial charge in [0.25, 0.3) is 11.1 Å². The fourth-order valence-electron chi connectivity index (χ4n) is 7.52. The molecule has 0 amide bonds. The van der Waals surface area contributed by atoms with Gasteiger partial charge in [-0.25, -0.2) is 4.98 Å². The van der Waals surface area contributed by atoms with E-state index in [0.29, 0.717) is 45.6 Å². The molecule has 7 heterocycles. The molecule has 1 atom stereocenters. The first-order valence-corrected chi connectivity index (χ1v) is 15.8. The van der Waals surface area contributed by atoms with E-state index in [1.807, 2.05) is 27.4 Å². The number of nitrogens with one attached hydrogen (secondary N) is 1. The van der Waals surface area contributed by atoms with Gasteiger partial charge in [-0.1, -0.05) is 13.8 Å². The van der Waals surface area contributed by atoms with E-state index in [1.54, 1.807) is 37.8 Å². The van der Waals surface area contributed by atoms with Crippen LogP contribution in [0, 0.1) is 5.41 Å². The van der Waals surface area contributed by atoms with Crippen molar-refractivity contribution in [2.24, 2.45) is 12.5 Å². The van der Waals surface area contributed by atoms with Gasteiger partial charge < -0.3 is 24.1 Å². The molecule has 0 unspecified atom stereocenters. The molecule has 1 fully saturated rings. The van der Waals surface area contributed by atoms with Gasteiger partial charge in [-0.2, -0.15) is 18.6 Å². The first-order valence-electron chi connectivity index (χ1n) is 15.8. The molecule has 0 saturated carbocycles. The average molecular weight is 657 g/mol. The molecule has 5 aromatic heterocycles. The summed E-state index contributed by atoms with van der Waals surface area (Å²) in [5.74, 6) is 0.956. The summed E-state index contributed by atoms with van der Waals surface area (Å²) in [4.78, 5) is 34.1. The predicted octanol–water partition coefficient (Wildman–Crippen LogP) is 3.30. The molecule has 0 spiro atoms. The van der Waals surface area contributed by atoms with Gasteiger partial charge in [0.15, 0.2) is 5.82 Å². The summed E-state index contributed by atoms with van der Waals surface area (Å²) in [7, 11) is 1.70. The second-order valence-corrected chi connectivity index (χ2v) is 13.6. The number of ether oxygens (including phenoxy) is 1. The number of aryl methyl sites for hydroxylation is 1. The Morgan fingerprint density at radius 3 is 2.64 bits per heavy atom. The first-order chi connectivity index (χ1) is 22.1. The summed E-state index contributed by atoms with van der Waals surface area (Å²) in [6, 6.07) is 8.18. The van der Waals surface area contributed by atoms with Gasteiger partial charge in [0, 0.05) is 67.3 Å². The van der Waals surface area contributed by atoms with Crippen molar-refractivity contribution >= 4 is 30.5 Å². The quantitative estimate of drug-likeness (QED) is 0.286. The highest BCUT2D eigenvalue weighted by atomic mass is 32.1. The molecule has 12 nitrogen and oxygen atoms in total. The van der Waals surface area contributed by atoms with Crippen molar-refractivity contribution in [1.82, 2.24) is 33.2 Å². The molecule has 1 aliphatic carbocycles. The molecule has 1 saturated heterocycles. The molecule has 13 heteroatoms. The van der Waals surface area contributed by atoms with Crippen molar-refractivity contribution in [3.63, 3.8) is 0 Å². The lowest BCUT2D eigenvalue weighted by Gasteiger charge is -2.43. The van der Waals surface area contributed by atoms with E-state index >= 15 is 0 Å². The summed E-state index contributed by atoms with van der Waals surface area (Å²) in [6.45, 7) is 9.50. The zero-order chi connectivity index (χ0) is 31.9. The highest BCUT2D eigenvalue weighted by Gasteiger charge is 2.35. The topological polar surface area (TPSA) is 124 Å². The maximum atomic E-state index is 13.8. The van der Waals surface area contributed by atoms with Crippen LogP contribution in [0.1, 0.15) is 49.3 Å². The van der Waals surface area contributed by atoms with Crippen molar-refractivity contribution in [3.8, 4) is 16.9 Å². The van der Waals surface area contributed by atoms with E-state index in [2.05, 4.69) is 36.0 Å². The first kappa shape index (κ1) is 31.4. The minimum Gasteiger partial charge on any atom is -0.392 e. The molecule has 0 bridgehead atoms. The van der Waals surface area contributed by atoms with Crippen molar-refractivity contribution in [3.05, 3.63) is 92.3 Å². The van der Waals surface area contributed by atoms with E-state index < -0.39 is 0 Å². The number of pyridine rings is 2. The Bertz CT molecular complexity index is 2140. The molecule has 2 N–H and O–H groups in total. The van der Waals surface area contributed by atoms with E-state index in [-0.39, 0.29) is 42.7 Å². The van der Waals surface area contributed by atoms with Gasteiger partial charge in [-0.15, -0.1) is 0 Å². The maximum absolute atomic E-state index is 13.8. The molecule has 47 heavy (non-hydrogen) atoms. The molecular formula is C34H40N8O4S. The normalized spacial score (nSPS) is 18.9. The Morgan fingerprint density at radius 2 is 1.89 bits per heavy atom. The molecule has 0 aromatic carbocycles. The molecule has 2 aliphatic heterocycles. The van der Waals surface area contributed by atoms with Crippen LogP contribution in [-0.2, 0) is 37.8 Å². The Balaban J connectivity index is 0.00000351. The third kappa shape index (κ3) is 5.12. The number of hydrogen-bond donors (Lipinski definition) is 2. The SMILES string of the molecule is C[C@H]1c2cc(Nc3cc(-c4ccnc(-n5ccn6c7c(cc6c5=O)CC(C)(C)C7)c4CO)cn(C)c3=O)nn2CCN1C1COC1.S. The second-order valence-electron chi connectivity index (χ2n) is 13.6. The minimum atomic E-state index is -0.346. The lowest BCUT2D eigenvalue weighted by molar-refractivity contribution is -0.0847. The van der Waals surface area contributed by atoms with Gasteiger partial charge >= 0.3 is 0 Å². The van der Waals surface area contributed by atoms with Crippen molar-refractivity contribution in [2.75, 3.05) is 25.1 Å². The largest absolute Gasteiger partial charge is 0.392 e. The Kier molecular flexibility index (Phi) is 7.70. The van der Waals surface area contributed by atoms with Crippen molar-refractivity contribution in [2.45, 2.75) is 58.8 Å². The van der Waals surface area contributed by atoms with Crippen LogP contribution >= 0.6 is 13.5 Å². The number of aromatic nitrogens is 6. The summed E-state index contributed by atoms with van der Waals surface area (Å²) >= 11 is 0. The number of aliphatic hydroxyl groups excluding tert-OH is 1. The molecular weight excluding hydrogens is 616 g/mol. The fraction of sp³-hybridized carbons (Fsp3) is 0.412. The standard InChI is InChI=1S/C34H38N8O4.H2S/c1-20-27-13-30(37-42(27)10-9-39(20)23-18-46-19-23)36-26-11-22(16-38(4)32(26)44)24-5-6-35-31(25(24)17-43)41-8-7-40-28(33(41)45)12-21-14-34(2,3)15-29(21)40;/h5-8,11-13,16,20,23,43H,9-10,14-15,17-19H2,1-4H3,(H,36,37);1H2/t20-;/m0./s1. The number of rotatable bonds is 6. The van der Waals surface area contributed by atoms with E-state index in [0.717, 1.165) is 44.8 Å². The maximum Gasteiger partial charge on any atom is 0.280 e. The lowest BCUT2D eigenvalue weighted by atomic mass is 9.90. The Labute approximate surface area is 278 Å². The predicted molar refractivity (Wildman–Crippen MR) is 184 cm³/mol. The lowest BCUT2D eigenvalue weighted by Crippen LogP contribution is -2.52. The number of anilines is 2. The summed E-state index contributed by atoms with van der Waals surface area (Å²) in [5, 5.41) is 18.7. The van der Waals surface area contributed by atoms with Crippen molar-refractivity contribution < 1.29 is 9.84 Å². The van der Waals surface area contributed by atoms with Gasteiger partial charge in [-0.05, 0) is 54.5 Å². The monoisotopic (exact) mass is 656 g/mol. The summed E-state index contributed by atoms with van der Waals surface area (Å²) in [6.07, 6.45) is 8.83. The highest BCUT2D eigenvalue weighted by molar-refractivity contribution is 7.59. The highest BCUT2D eigenvalue weighted by Crippen LogP contribution is 2.38. The van der Waals surface area contributed by atoms with Crippen LogP contribution in [-0.4, -0.2) is 64.1 Å². The molecule has 3 aliphatic rings. The third-order valence-corrected chi connectivity index (χ3v) is 9.92. The summed E-state index contributed by atoms with van der Waals surface area (Å²) < 4.78 is 12.4. The second kappa shape index (κ2) is 11.5. The molecule has 0 radical (unpaired) electrons. The van der Waals surface area contributed by atoms with Gasteiger partial charge in [0.2, 0.25) is 0 Å². The van der Waals surface area contributed by atoms with Crippen LogP contribution in [0.3, 0.4) is 0 Å². The Morgan fingerprint density at radius 1 is 1.09 bits per heavy atom. The minimum absolute atomic E-state index is 0. The van der Waals surface area contributed by atoms with Gasteiger partial charge in [0.1, 0.15) is 17.0 Å². The molecule has 8 rings (SSSR count). The molecule has 5 aromatic rings. The van der Waals surface area contributed by atoms with Gasteiger partial charge in [-0.3, -0.25) is 23.7 Å². The molecule has 246 valence electrons. The number of fused-ring (bicyclic) bond motifs is 4. The van der Waals surface area contributed by atoms with Crippen LogP contribution in [0.15, 0.2) is 58.6 Å². The van der Waals surface area contributed by atoms with Crippen LogP contribution in [0.5, 0.6) is 0 Å². The van der Waals surface area contributed by atoms with Crippen LogP contribution < -0.4 is 16.4 Å². The van der Waals surface area contributed by atoms with Crippen LogP contribution in [0.4, 0.5) is 11.5 Å². The zero-order valence-electron chi connectivity index (χ0n) is 27.0. The van der Waals surface area contributed by atoms with E-state index in [1.165, 1.54) is 20.4 Å². The Hall–Kier alpha value is -4.17. The van der Waals surface area contributed by atoms with Crippen LogP contribution in [0.2, 0.25) is 0 Å². The fourth-order valence-corrected chi connectivity index (χ4v) is 7.52. The van der Waals surface area contributed by atoms with Gasteiger partial charge in [0.05, 0.1) is 38.1 Å². The zero-order valence-corrected chi connectivity index (χ0v) is 28.0. The number of nitrogens with zero attached hydrogens (tertiary/aromatic N) is 7. The smallest absolute Gasteiger partial charge is 0.280 e. The number of aliphatic hydroxyl groups is 1. The summed E-state index contributed by atoms with van der Waals surface area (Å²) in [5.41, 5.74) is 6.06. The van der Waals surface area contributed by atoms with E-state index in [4.69, 9.17) is 9.84 Å².